The van der Waals surface area contributed by atoms with Crippen molar-refractivity contribution in [3.63, 3.8) is 0 Å². The second-order valence-corrected chi connectivity index (χ2v) is 6.30. The fourth-order valence-electron chi connectivity index (χ4n) is 2.64. The van der Waals surface area contributed by atoms with E-state index in [1.165, 1.54) is 6.26 Å². The number of carbonyl (C=O) groups is 2. The first-order valence-corrected chi connectivity index (χ1v) is 8.39. The summed E-state index contributed by atoms with van der Waals surface area (Å²) in [5.74, 6) is 0.718. The molecule has 0 unspecified atom stereocenters. The van der Waals surface area contributed by atoms with Crippen LogP contribution in [0.3, 0.4) is 0 Å². The maximum Gasteiger partial charge on any atom is 0.289 e. The van der Waals surface area contributed by atoms with E-state index in [0.717, 1.165) is 18.8 Å². The van der Waals surface area contributed by atoms with Crippen LogP contribution in [0.1, 0.15) is 24.4 Å². The smallest absolute Gasteiger partial charge is 0.289 e. The van der Waals surface area contributed by atoms with E-state index in [0.29, 0.717) is 24.7 Å². The average molecular weight is 342 g/mol. The van der Waals surface area contributed by atoms with E-state index in [1.807, 2.05) is 19.9 Å². The summed E-state index contributed by atoms with van der Waals surface area (Å²) in [6.07, 6.45) is 3.26. The van der Waals surface area contributed by atoms with Gasteiger partial charge in [0.05, 0.1) is 18.1 Å². The van der Waals surface area contributed by atoms with Crippen LogP contribution in [0.25, 0.3) is 0 Å². The topological polar surface area (TPSA) is 78.7 Å². The zero-order valence-corrected chi connectivity index (χ0v) is 14.4. The summed E-state index contributed by atoms with van der Waals surface area (Å²) in [4.78, 5) is 32.2. The van der Waals surface area contributed by atoms with Crippen LogP contribution in [0.15, 0.2) is 41.1 Å². The first kappa shape index (κ1) is 17.0. The number of amides is 2. The van der Waals surface area contributed by atoms with E-state index < -0.39 is 0 Å². The van der Waals surface area contributed by atoms with Crippen molar-refractivity contribution < 1.29 is 14.0 Å². The van der Waals surface area contributed by atoms with Gasteiger partial charge in [-0.15, -0.1) is 0 Å². The van der Waals surface area contributed by atoms with Gasteiger partial charge in [-0.1, -0.05) is 13.8 Å². The van der Waals surface area contributed by atoms with E-state index in [1.54, 1.807) is 29.3 Å². The molecule has 25 heavy (non-hydrogen) atoms. The monoisotopic (exact) mass is 342 g/mol. The number of nitrogens with zero attached hydrogens (tertiary/aromatic N) is 3. The standard InChI is InChI=1S/C18H22N4O3/c1-13(2)17(23)20-16-6-5-14(12-19-16)21-7-9-22(10-8-21)18(24)15-4-3-11-25-15/h3-6,11-13H,7-10H2,1-2H3,(H,19,20,23). The largest absolute Gasteiger partial charge is 0.459 e. The fourth-order valence-corrected chi connectivity index (χ4v) is 2.64. The van der Waals surface area contributed by atoms with Crippen LogP contribution < -0.4 is 10.2 Å². The molecular formula is C18H22N4O3. The van der Waals surface area contributed by atoms with Gasteiger partial charge in [0.1, 0.15) is 5.82 Å². The van der Waals surface area contributed by atoms with Gasteiger partial charge in [0.15, 0.2) is 5.76 Å². The zero-order valence-electron chi connectivity index (χ0n) is 14.4. The Morgan fingerprint density at radius 3 is 2.48 bits per heavy atom. The predicted molar refractivity (Wildman–Crippen MR) is 94.5 cm³/mol. The number of carbonyl (C=O) groups excluding carboxylic acids is 2. The number of nitrogens with one attached hydrogen (secondary N) is 1. The second-order valence-electron chi connectivity index (χ2n) is 6.30. The Labute approximate surface area is 146 Å². The third-order valence-electron chi connectivity index (χ3n) is 4.19. The molecule has 1 N–H and O–H groups in total. The molecule has 0 atom stereocenters. The quantitative estimate of drug-likeness (QED) is 0.922. The lowest BCUT2D eigenvalue weighted by atomic mass is 10.2. The van der Waals surface area contributed by atoms with Crippen LogP contribution in [0.4, 0.5) is 11.5 Å². The highest BCUT2D eigenvalue weighted by Crippen LogP contribution is 2.18. The Bertz CT molecular complexity index is 717. The predicted octanol–water partition coefficient (Wildman–Crippen LogP) is 2.23. The average Bonchev–Trinajstić information content (AvgIpc) is 3.16. The van der Waals surface area contributed by atoms with E-state index in [4.69, 9.17) is 4.42 Å². The van der Waals surface area contributed by atoms with Gasteiger partial charge in [0, 0.05) is 32.1 Å². The van der Waals surface area contributed by atoms with E-state index in [2.05, 4.69) is 15.2 Å². The highest BCUT2D eigenvalue weighted by atomic mass is 16.3. The molecule has 0 saturated carbocycles. The zero-order chi connectivity index (χ0) is 17.8. The molecule has 7 nitrogen and oxygen atoms in total. The van der Waals surface area contributed by atoms with E-state index >= 15 is 0 Å². The molecule has 3 rings (SSSR count). The van der Waals surface area contributed by atoms with Crippen LogP contribution in [-0.2, 0) is 4.79 Å². The Balaban J connectivity index is 1.56. The molecule has 2 amide bonds. The first-order chi connectivity index (χ1) is 12.0. The molecule has 0 radical (unpaired) electrons. The lowest BCUT2D eigenvalue weighted by Gasteiger charge is -2.35. The maximum atomic E-state index is 12.3. The van der Waals surface area contributed by atoms with Crippen LogP contribution in [0.2, 0.25) is 0 Å². The van der Waals surface area contributed by atoms with Crippen molar-refractivity contribution in [1.29, 1.82) is 0 Å². The molecule has 2 aromatic rings. The molecule has 0 bridgehead atoms. The summed E-state index contributed by atoms with van der Waals surface area (Å²) in [6, 6.07) is 7.14. The molecular weight excluding hydrogens is 320 g/mol. The molecule has 1 saturated heterocycles. The van der Waals surface area contributed by atoms with Crippen molar-refractivity contribution in [3.8, 4) is 0 Å². The molecule has 2 aromatic heterocycles. The molecule has 132 valence electrons. The molecule has 1 aliphatic heterocycles. The van der Waals surface area contributed by atoms with Crippen molar-refractivity contribution in [2.45, 2.75) is 13.8 Å². The molecule has 7 heteroatoms. The van der Waals surface area contributed by atoms with Crippen molar-refractivity contribution in [3.05, 3.63) is 42.5 Å². The molecule has 0 aliphatic carbocycles. The Kier molecular flexibility index (Phi) is 5.02. The van der Waals surface area contributed by atoms with Gasteiger partial charge in [-0.25, -0.2) is 4.98 Å². The van der Waals surface area contributed by atoms with Gasteiger partial charge < -0.3 is 19.5 Å². The summed E-state index contributed by atoms with van der Waals surface area (Å²) < 4.78 is 5.17. The third kappa shape index (κ3) is 3.99. The summed E-state index contributed by atoms with van der Waals surface area (Å²) in [6.45, 7) is 6.40. The minimum Gasteiger partial charge on any atom is -0.459 e. The molecule has 0 spiro atoms. The van der Waals surface area contributed by atoms with Crippen molar-refractivity contribution in [2.75, 3.05) is 36.4 Å². The fraction of sp³-hybridized carbons (Fsp3) is 0.389. The van der Waals surface area contributed by atoms with E-state index in [9.17, 15) is 9.59 Å². The van der Waals surface area contributed by atoms with Gasteiger partial charge in [-0.3, -0.25) is 9.59 Å². The van der Waals surface area contributed by atoms with Gasteiger partial charge in [0.25, 0.3) is 5.91 Å². The number of hydrogen-bond donors (Lipinski definition) is 1. The number of aromatic nitrogens is 1. The van der Waals surface area contributed by atoms with Gasteiger partial charge >= 0.3 is 0 Å². The SMILES string of the molecule is CC(C)C(=O)Nc1ccc(N2CCN(C(=O)c3ccco3)CC2)cn1. The Morgan fingerprint density at radius 1 is 1.16 bits per heavy atom. The first-order valence-electron chi connectivity index (χ1n) is 8.39. The molecule has 1 aliphatic rings. The molecule has 3 heterocycles. The number of pyridine rings is 1. The number of piperazine rings is 1. The number of hydrogen-bond acceptors (Lipinski definition) is 5. The van der Waals surface area contributed by atoms with E-state index in [-0.39, 0.29) is 17.7 Å². The van der Waals surface area contributed by atoms with Gasteiger partial charge in [0.2, 0.25) is 5.91 Å². The minimum absolute atomic E-state index is 0.0506. The van der Waals surface area contributed by atoms with Crippen LogP contribution >= 0.6 is 0 Å². The highest BCUT2D eigenvalue weighted by molar-refractivity contribution is 5.92. The Hall–Kier alpha value is -2.83. The lowest BCUT2D eigenvalue weighted by Crippen LogP contribution is -2.48. The normalized spacial score (nSPS) is 14.7. The molecule has 1 fully saturated rings. The van der Waals surface area contributed by atoms with Gasteiger partial charge in [-0.2, -0.15) is 0 Å². The van der Waals surface area contributed by atoms with Crippen molar-refractivity contribution >= 4 is 23.3 Å². The summed E-state index contributed by atoms with van der Waals surface area (Å²) in [5, 5.41) is 2.78. The third-order valence-corrected chi connectivity index (χ3v) is 4.19. The minimum atomic E-state index is -0.0822. The van der Waals surface area contributed by atoms with Crippen molar-refractivity contribution in [1.82, 2.24) is 9.88 Å². The Morgan fingerprint density at radius 2 is 1.92 bits per heavy atom. The second kappa shape index (κ2) is 7.38. The van der Waals surface area contributed by atoms with Crippen LogP contribution in [0.5, 0.6) is 0 Å². The summed E-state index contributed by atoms with van der Waals surface area (Å²) >= 11 is 0. The van der Waals surface area contributed by atoms with Crippen molar-refractivity contribution in [2.24, 2.45) is 5.92 Å². The number of rotatable bonds is 4. The van der Waals surface area contributed by atoms with Crippen LogP contribution in [-0.4, -0.2) is 47.9 Å². The molecule has 0 aromatic carbocycles. The maximum absolute atomic E-state index is 12.3. The summed E-state index contributed by atoms with van der Waals surface area (Å²) in [5.41, 5.74) is 0.979. The van der Waals surface area contributed by atoms with Crippen LogP contribution in [0, 0.1) is 5.92 Å². The lowest BCUT2D eigenvalue weighted by molar-refractivity contribution is -0.118. The summed E-state index contributed by atoms with van der Waals surface area (Å²) in [7, 11) is 0. The number of anilines is 2. The number of furan rings is 1. The van der Waals surface area contributed by atoms with Gasteiger partial charge in [-0.05, 0) is 24.3 Å². The highest BCUT2D eigenvalue weighted by Gasteiger charge is 2.24.